The van der Waals surface area contributed by atoms with Crippen molar-refractivity contribution in [2.24, 2.45) is 0 Å². The summed E-state index contributed by atoms with van der Waals surface area (Å²) in [6.07, 6.45) is 0. The lowest BCUT2D eigenvalue weighted by atomic mass is 9.79. The summed E-state index contributed by atoms with van der Waals surface area (Å²) in [5, 5.41) is 29.0. The molecule has 0 saturated carbocycles. The first-order valence-corrected chi connectivity index (χ1v) is 13.3. The summed E-state index contributed by atoms with van der Waals surface area (Å²) in [7, 11) is 0. The number of amides is 2. The quantitative estimate of drug-likeness (QED) is 0.233. The van der Waals surface area contributed by atoms with Crippen molar-refractivity contribution in [2.45, 2.75) is 33.6 Å². The van der Waals surface area contributed by atoms with Gasteiger partial charge in [0, 0.05) is 40.6 Å². The first-order valence-electron chi connectivity index (χ1n) is 13.3. The molecule has 1 heterocycles. The predicted molar refractivity (Wildman–Crippen MR) is 156 cm³/mol. The van der Waals surface area contributed by atoms with Crippen LogP contribution in [0.15, 0.2) is 95.3 Å². The number of para-hydroxylation sites is 4. The maximum absolute atomic E-state index is 13.9. The van der Waals surface area contributed by atoms with Crippen molar-refractivity contribution < 1.29 is 29.5 Å². The van der Waals surface area contributed by atoms with Gasteiger partial charge < -0.3 is 30.6 Å². The van der Waals surface area contributed by atoms with Gasteiger partial charge in [-0.3, -0.25) is 9.59 Å². The van der Waals surface area contributed by atoms with E-state index in [2.05, 4.69) is 16.0 Å². The fourth-order valence-corrected chi connectivity index (χ4v) is 4.83. The number of benzene rings is 3. The number of hydrogen-bond acceptors (Lipinski definition) is 7. The van der Waals surface area contributed by atoms with Crippen molar-refractivity contribution in [3.8, 4) is 11.5 Å². The lowest BCUT2D eigenvalue weighted by Gasteiger charge is -2.32. The van der Waals surface area contributed by atoms with Crippen LogP contribution >= 0.6 is 0 Å². The van der Waals surface area contributed by atoms with E-state index in [1.807, 2.05) is 26.0 Å². The Morgan fingerprint density at radius 2 is 1.24 bits per heavy atom. The minimum atomic E-state index is -1.07. The Bertz CT molecular complexity index is 1390. The summed E-state index contributed by atoms with van der Waals surface area (Å²) in [4.78, 5) is 27.9. The second-order valence-corrected chi connectivity index (χ2v) is 9.33. The lowest BCUT2D eigenvalue weighted by molar-refractivity contribution is -0.991. The molecule has 1 atom stereocenters. The van der Waals surface area contributed by atoms with Crippen LogP contribution in [0.2, 0.25) is 0 Å². The molecule has 214 valence electrons. The minimum absolute atomic E-state index is 0.0948. The SMILES string of the molecule is CCOc1ccccc1NC(=O)C1=C(C)NC(C)=C(C(=O)Nc2ccccc2OCC)C1c1ccc([NH+]([O-])O)cc1. The van der Waals surface area contributed by atoms with E-state index in [-0.39, 0.29) is 5.69 Å². The zero-order chi connectivity index (χ0) is 29.5. The standard InChI is InChI=1S/C31H34N4O6/c1-5-40-25-13-9-7-11-23(25)33-30(36)27-19(3)32-20(4)28(29(27)21-15-17-22(18-16-21)35(38)39)31(37)34-24-12-8-10-14-26(24)41-6-2/h7-18,29,32,35,38H,5-6H2,1-4H3,(H,33,36)(H,34,37). The van der Waals surface area contributed by atoms with Crippen LogP contribution in [0.5, 0.6) is 11.5 Å². The van der Waals surface area contributed by atoms with Crippen LogP contribution in [-0.2, 0) is 9.59 Å². The molecular formula is C31H34N4O6. The summed E-state index contributed by atoms with van der Waals surface area (Å²) in [5.74, 6) is -0.628. The molecule has 10 nitrogen and oxygen atoms in total. The van der Waals surface area contributed by atoms with Gasteiger partial charge in [-0.1, -0.05) is 36.4 Å². The fourth-order valence-electron chi connectivity index (χ4n) is 4.83. The molecule has 0 saturated heterocycles. The highest BCUT2D eigenvalue weighted by molar-refractivity contribution is 6.12. The summed E-state index contributed by atoms with van der Waals surface area (Å²) in [5.41, 5.74) is 3.41. The molecule has 10 heteroatoms. The highest BCUT2D eigenvalue weighted by atomic mass is 16.8. The molecule has 0 aromatic heterocycles. The number of quaternary nitrogens is 1. The Morgan fingerprint density at radius 1 is 0.805 bits per heavy atom. The number of nitrogens with one attached hydrogen (secondary N) is 4. The van der Waals surface area contributed by atoms with Gasteiger partial charge in [0.25, 0.3) is 11.8 Å². The van der Waals surface area contributed by atoms with Crippen molar-refractivity contribution in [3.63, 3.8) is 0 Å². The zero-order valence-electron chi connectivity index (χ0n) is 23.4. The lowest BCUT2D eigenvalue weighted by Crippen LogP contribution is -2.99. The monoisotopic (exact) mass is 558 g/mol. The van der Waals surface area contributed by atoms with Gasteiger partial charge in [0.2, 0.25) is 0 Å². The Morgan fingerprint density at radius 3 is 1.66 bits per heavy atom. The molecule has 1 aliphatic heterocycles. The molecule has 41 heavy (non-hydrogen) atoms. The maximum atomic E-state index is 13.9. The number of allylic oxidation sites excluding steroid dienone is 2. The highest BCUT2D eigenvalue weighted by Gasteiger charge is 2.37. The van der Waals surface area contributed by atoms with Crippen LogP contribution in [0, 0.1) is 5.21 Å². The summed E-state index contributed by atoms with van der Waals surface area (Å²) in [6.45, 7) is 8.09. The van der Waals surface area contributed by atoms with Crippen molar-refractivity contribution in [1.29, 1.82) is 0 Å². The third-order valence-corrected chi connectivity index (χ3v) is 6.61. The third kappa shape index (κ3) is 6.58. The van der Waals surface area contributed by atoms with E-state index in [9.17, 15) is 20.0 Å². The van der Waals surface area contributed by atoms with Gasteiger partial charge in [0.05, 0.1) is 24.6 Å². The van der Waals surface area contributed by atoms with Crippen LogP contribution in [0.4, 0.5) is 17.1 Å². The number of rotatable bonds is 10. The van der Waals surface area contributed by atoms with Gasteiger partial charge in [-0.15, -0.1) is 0 Å². The summed E-state index contributed by atoms with van der Waals surface area (Å²) < 4.78 is 11.4. The van der Waals surface area contributed by atoms with E-state index in [0.29, 0.717) is 64.2 Å². The summed E-state index contributed by atoms with van der Waals surface area (Å²) >= 11 is 0. The molecule has 3 aromatic carbocycles. The third-order valence-electron chi connectivity index (χ3n) is 6.61. The van der Waals surface area contributed by atoms with Gasteiger partial charge in [0.1, 0.15) is 11.5 Å². The molecule has 4 rings (SSSR count). The van der Waals surface area contributed by atoms with Crippen molar-refractivity contribution in [2.75, 3.05) is 23.8 Å². The van der Waals surface area contributed by atoms with Crippen molar-refractivity contribution in [1.82, 2.24) is 5.32 Å². The van der Waals surface area contributed by atoms with Crippen LogP contribution < -0.4 is 30.7 Å². The van der Waals surface area contributed by atoms with Crippen molar-refractivity contribution >= 4 is 28.9 Å². The molecule has 0 radical (unpaired) electrons. The number of ether oxygens (including phenoxy) is 2. The Balaban J connectivity index is 1.78. The Hall–Kier alpha value is -4.64. The van der Waals surface area contributed by atoms with Crippen LogP contribution in [0.1, 0.15) is 39.2 Å². The first-order chi connectivity index (χ1) is 19.7. The molecular weight excluding hydrogens is 524 g/mol. The van der Waals surface area contributed by atoms with E-state index in [0.717, 1.165) is 0 Å². The molecule has 5 N–H and O–H groups in total. The second-order valence-electron chi connectivity index (χ2n) is 9.33. The number of carbonyl (C=O) groups is 2. The zero-order valence-corrected chi connectivity index (χ0v) is 23.4. The van der Waals surface area contributed by atoms with E-state index >= 15 is 0 Å². The minimum Gasteiger partial charge on any atom is -0.595 e. The van der Waals surface area contributed by atoms with Gasteiger partial charge in [-0.2, -0.15) is 5.23 Å². The molecule has 1 aliphatic rings. The molecule has 3 aromatic rings. The number of hydrogen-bond donors (Lipinski definition) is 5. The number of carbonyl (C=O) groups excluding carboxylic acids is 2. The largest absolute Gasteiger partial charge is 0.595 e. The van der Waals surface area contributed by atoms with E-state index in [1.165, 1.54) is 12.1 Å². The average molecular weight is 559 g/mol. The second kappa shape index (κ2) is 13.1. The molecule has 0 aliphatic carbocycles. The normalized spacial score (nSPS) is 14.3. The van der Waals surface area contributed by atoms with E-state index in [4.69, 9.17) is 9.47 Å². The molecule has 0 spiro atoms. The molecule has 1 unspecified atom stereocenters. The van der Waals surface area contributed by atoms with Gasteiger partial charge in [0.15, 0.2) is 5.69 Å². The Kier molecular flexibility index (Phi) is 9.41. The molecule has 0 fully saturated rings. The van der Waals surface area contributed by atoms with Crippen molar-refractivity contribution in [3.05, 3.63) is 106 Å². The number of dihydropyridines is 1. The number of anilines is 2. The topological polar surface area (TPSA) is 136 Å². The molecule has 0 bridgehead atoms. The van der Waals surface area contributed by atoms with Crippen LogP contribution in [-0.4, -0.2) is 30.2 Å². The molecule has 2 amide bonds. The van der Waals surface area contributed by atoms with E-state index < -0.39 is 23.0 Å². The predicted octanol–water partition coefficient (Wildman–Crippen LogP) is 4.40. The average Bonchev–Trinajstić information content (AvgIpc) is 2.95. The van der Waals surface area contributed by atoms with Crippen LogP contribution in [0.25, 0.3) is 0 Å². The van der Waals surface area contributed by atoms with E-state index in [1.54, 1.807) is 62.4 Å². The summed E-state index contributed by atoms with van der Waals surface area (Å²) in [6, 6.07) is 20.4. The first kappa shape index (κ1) is 29.3. The van der Waals surface area contributed by atoms with Gasteiger partial charge in [-0.25, -0.2) is 5.21 Å². The van der Waals surface area contributed by atoms with Gasteiger partial charge >= 0.3 is 0 Å². The van der Waals surface area contributed by atoms with Crippen LogP contribution in [0.3, 0.4) is 0 Å². The maximum Gasteiger partial charge on any atom is 0.254 e. The fraction of sp³-hybridized carbons (Fsp3) is 0.226. The highest BCUT2D eigenvalue weighted by Crippen LogP contribution is 2.40. The Labute approximate surface area is 238 Å². The smallest absolute Gasteiger partial charge is 0.254 e. The van der Waals surface area contributed by atoms with Gasteiger partial charge in [-0.05, 0) is 57.5 Å².